The summed E-state index contributed by atoms with van der Waals surface area (Å²) in [6.45, 7) is 7.80. The molecule has 0 bridgehead atoms. The molecule has 0 saturated carbocycles. The van der Waals surface area contributed by atoms with Crippen LogP contribution in [0, 0.1) is 6.92 Å². The third-order valence-corrected chi connectivity index (χ3v) is 7.07. The van der Waals surface area contributed by atoms with Crippen molar-refractivity contribution in [1.82, 2.24) is 19.8 Å². The second kappa shape index (κ2) is 12.0. The summed E-state index contributed by atoms with van der Waals surface area (Å²) in [5.41, 5.74) is 3.73. The number of aryl methyl sites for hydroxylation is 1. The summed E-state index contributed by atoms with van der Waals surface area (Å²) in [5.74, 6) is 0.0782. The van der Waals surface area contributed by atoms with Crippen LogP contribution in [0.5, 0.6) is 0 Å². The van der Waals surface area contributed by atoms with Crippen molar-refractivity contribution in [3.8, 4) is 0 Å². The molecule has 2 aromatic heterocycles. The van der Waals surface area contributed by atoms with E-state index in [4.69, 9.17) is 0 Å². The predicted octanol–water partition coefficient (Wildman–Crippen LogP) is 4.07. The second-order valence-corrected chi connectivity index (χ2v) is 10.0. The van der Waals surface area contributed by atoms with Gasteiger partial charge in [-0.1, -0.05) is 24.3 Å². The van der Waals surface area contributed by atoms with Crippen molar-refractivity contribution in [2.24, 2.45) is 0 Å². The Hall–Kier alpha value is -3.10. The van der Waals surface area contributed by atoms with Crippen molar-refractivity contribution in [1.29, 1.82) is 0 Å². The summed E-state index contributed by atoms with van der Waals surface area (Å²) >= 11 is 1.57. The third-order valence-electron chi connectivity index (χ3n) is 6.25. The highest BCUT2D eigenvalue weighted by molar-refractivity contribution is 7.09. The molecule has 0 fully saturated rings. The number of nitrogens with zero attached hydrogens (tertiary/aromatic N) is 5. The van der Waals surface area contributed by atoms with Gasteiger partial charge in [-0.15, -0.1) is 11.3 Å². The molecular formula is C27H33N5O2S. The van der Waals surface area contributed by atoms with Gasteiger partial charge in [0.05, 0.1) is 22.8 Å². The highest BCUT2D eigenvalue weighted by Crippen LogP contribution is 2.24. The molecule has 7 nitrogen and oxygen atoms in total. The topological polar surface area (TPSA) is 69.6 Å². The lowest BCUT2D eigenvalue weighted by molar-refractivity contribution is -0.131. The van der Waals surface area contributed by atoms with E-state index in [2.05, 4.69) is 14.9 Å². The monoisotopic (exact) mass is 491 g/mol. The minimum absolute atomic E-state index is 0.0154. The zero-order valence-corrected chi connectivity index (χ0v) is 21.3. The first-order chi connectivity index (χ1) is 17.0. The first kappa shape index (κ1) is 25.0. The van der Waals surface area contributed by atoms with Crippen LogP contribution in [0.2, 0.25) is 0 Å². The van der Waals surface area contributed by atoms with Crippen LogP contribution >= 0.6 is 11.3 Å². The number of hydrogen-bond acceptors (Lipinski definition) is 6. The van der Waals surface area contributed by atoms with Crippen LogP contribution in [0.3, 0.4) is 0 Å². The SMILES string of the molecule is CC(=O)N1CCCN(Cc2ccccn2)CCCN(C(=O)Cc2csc(C)n2)Cc2ccccc21. The van der Waals surface area contributed by atoms with Gasteiger partial charge >= 0.3 is 0 Å². The molecule has 0 aliphatic carbocycles. The molecular weight excluding hydrogens is 458 g/mol. The summed E-state index contributed by atoms with van der Waals surface area (Å²) < 4.78 is 0. The molecule has 0 N–H and O–H groups in total. The largest absolute Gasteiger partial charge is 0.338 e. The molecule has 0 atom stereocenters. The number of anilines is 1. The lowest BCUT2D eigenvalue weighted by Gasteiger charge is -2.31. The summed E-state index contributed by atoms with van der Waals surface area (Å²) in [4.78, 5) is 41.1. The van der Waals surface area contributed by atoms with Crippen LogP contribution in [0.25, 0.3) is 0 Å². The number of carbonyl (C=O) groups is 2. The molecule has 1 aromatic carbocycles. The van der Waals surface area contributed by atoms with E-state index in [1.807, 2.05) is 70.8 Å². The fourth-order valence-electron chi connectivity index (χ4n) is 4.54. The van der Waals surface area contributed by atoms with E-state index in [-0.39, 0.29) is 11.8 Å². The minimum atomic E-state index is 0.0154. The lowest BCUT2D eigenvalue weighted by Crippen LogP contribution is -2.38. The Balaban J connectivity index is 1.58. The van der Waals surface area contributed by atoms with Crippen LogP contribution in [-0.2, 0) is 29.1 Å². The van der Waals surface area contributed by atoms with Gasteiger partial charge < -0.3 is 9.80 Å². The van der Waals surface area contributed by atoms with Gasteiger partial charge in [-0.25, -0.2) is 4.98 Å². The van der Waals surface area contributed by atoms with Gasteiger partial charge in [0.25, 0.3) is 0 Å². The van der Waals surface area contributed by atoms with E-state index in [1.165, 1.54) is 0 Å². The van der Waals surface area contributed by atoms with E-state index in [1.54, 1.807) is 18.3 Å². The Labute approximate surface area is 211 Å². The molecule has 0 saturated heterocycles. The van der Waals surface area contributed by atoms with Crippen molar-refractivity contribution >= 4 is 28.8 Å². The van der Waals surface area contributed by atoms with Gasteiger partial charge in [0.1, 0.15) is 0 Å². The van der Waals surface area contributed by atoms with Crippen LogP contribution in [0.1, 0.15) is 41.7 Å². The molecule has 2 amide bonds. The summed E-state index contributed by atoms with van der Waals surface area (Å²) in [7, 11) is 0. The van der Waals surface area contributed by atoms with E-state index in [0.29, 0.717) is 26.1 Å². The Kier molecular flexibility index (Phi) is 8.60. The molecule has 1 aliphatic rings. The maximum Gasteiger partial charge on any atom is 0.228 e. The minimum Gasteiger partial charge on any atom is -0.338 e. The first-order valence-corrected chi connectivity index (χ1v) is 13.0. The number of rotatable bonds is 4. The second-order valence-electron chi connectivity index (χ2n) is 8.95. The summed E-state index contributed by atoms with van der Waals surface area (Å²) in [5, 5.41) is 2.93. The maximum atomic E-state index is 13.4. The number of aromatic nitrogens is 2. The number of fused-ring (bicyclic) bond motifs is 1. The highest BCUT2D eigenvalue weighted by Gasteiger charge is 2.22. The molecule has 0 unspecified atom stereocenters. The van der Waals surface area contributed by atoms with Crippen LogP contribution in [-0.4, -0.2) is 57.8 Å². The van der Waals surface area contributed by atoms with Crippen LogP contribution < -0.4 is 4.90 Å². The predicted molar refractivity (Wildman–Crippen MR) is 139 cm³/mol. The van der Waals surface area contributed by atoms with Crippen molar-refractivity contribution in [2.45, 2.75) is 46.2 Å². The number of amides is 2. The lowest BCUT2D eigenvalue weighted by atomic mass is 10.1. The van der Waals surface area contributed by atoms with Crippen molar-refractivity contribution < 1.29 is 9.59 Å². The summed E-state index contributed by atoms with van der Waals surface area (Å²) in [6.07, 6.45) is 3.85. The van der Waals surface area contributed by atoms with E-state index < -0.39 is 0 Å². The van der Waals surface area contributed by atoms with Crippen molar-refractivity contribution in [2.75, 3.05) is 31.1 Å². The van der Waals surface area contributed by atoms with E-state index in [9.17, 15) is 9.59 Å². The average molecular weight is 492 g/mol. The van der Waals surface area contributed by atoms with Gasteiger partial charge in [0.15, 0.2) is 0 Å². The first-order valence-electron chi connectivity index (χ1n) is 12.2. The Morgan fingerprint density at radius 3 is 2.46 bits per heavy atom. The van der Waals surface area contributed by atoms with Crippen molar-refractivity contribution in [3.05, 3.63) is 76.0 Å². The van der Waals surface area contributed by atoms with Crippen molar-refractivity contribution in [3.63, 3.8) is 0 Å². The molecule has 0 radical (unpaired) electrons. The molecule has 3 heterocycles. The normalized spacial score (nSPS) is 15.7. The zero-order valence-electron chi connectivity index (χ0n) is 20.5. The third kappa shape index (κ3) is 6.96. The average Bonchev–Trinajstić information content (AvgIpc) is 3.25. The zero-order chi connectivity index (χ0) is 24.6. The standard InChI is InChI=1S/C27H33N5O2S/c1-21-29-25(20-35-21)17-27(34)31-15-7-13-30(19-24-10-5-6-12-28-24)14-8-16-32(22(2)33)26-11-4-3-9-23(26)18-31/h3-6,9-12,20H,7-8,13-19H2,1-2H3. The van der Waals surface area contributed by atoms with Gasteiger partial charge in [-0.3, -0.25) is 19.5 Å². The number of carbonyl (C=O) groups excluding carboxylic acids is 2. The van der Waals surface area contributed by atoms with Gasteiger partial charge in [-0.2, -0.15) is 0 Å². The molecule has 1 aliphatic heterocycles. The Bertz CT molecular complexity index is 1130. The molecule has 0 spiro atoms. The van der Waals surface area contributed by atoms with E-state index in [0.717, 1.165) is 60.1 Å². The van der Waals surface area contributed by atoms with Crippen LogP contribution in [0.15, 0.2) is 54.0 Å². The molecule has 35 heavy (non-hydrogen) atoms. The molecule has 8 heteroatoms. The highest BCUT2D eigenvalue weighted by atomic mass is 32.1. The molecule has 4 rings (SSSR count). The Morgan fingerprint density at radius 1 is 0.971 bits per heavy atom. The van der Waals surface area contributed by atoms with Crippen LogP contribution in [0.4, 0.5) is 5.69 Å². The van der Waals surface area contributed by atoms with Gasteiger partial charge in [-0.05, 0) is 43.5 Å². The van der Waals surface area contributed by atoms with E-state index >= 15 is 0 Å². The van der Waals surface area contributed by atoms with Gasteiger partial charge in [0, 0.05) is 63.5 Å². The fraction of sp³-hybridized carbons (Fsp3) is 0.407. The van der Waals surface area contributed by atoms with Gasteiger partial charge in [0.2, 0.25) is 11.8 Å². The molecule has 184 valence electrons. The maximum absolute atomic E-state index is 13.4. The Morgan fingerprint density at radius 2 is 1.74 bits per heavy atom. The number of para-hydroxylation sites is 1. The number of thiazole rings is 1. The molecule has 3 aromatic rings. The number of hydrogen-bond donors (Lipinski definition) is 0. The summed E-state index contributed by atoms with van der Waals surface area (Å²) in [6, 6.07) is 13.9. The fourth-order valence-corrected chi connectivity index (χ4v) is 5.15. The number of pyridine rings is 1. The smallest absolute Gasteiger partial charge is 0.228 e. The number of benzene rings is 1. The quantitative estimate of drug-likeness (QED) is 0.550.